The molecule has 1 aromatic carbocycles. The highest BCUT2D eigenvalue weighted by Crippen LogP contribution is 2.50. The van der Waals surface area contributed by atoms with E-state index in [1.807, 2.05) is 6.92 Å². The van der Waals surface area contributed by atoms with Crippen LogP contribution in [-0.4, -0.2) is 35.4 Å². The first-order valence-electron chi connectivity index (χ1n) is 10.7. The molecule has 1 unspecified atom stereocenters. The number of halogens is 2. The molecule has 3 aromatic rings. The number of hydrogen-bond donors (Lipinski definition) is 2. The first-order valence-corrected chi connectivity index (χ1v) is 12.1. The number of ether oxygens (including phenoxy) is 1. The van der Waals surface area contributed by atoms with Gasteiger partial charge in [0.2, 0.25) is 0 Å². The number of fused-ring (bicyclic) bond motifs is 2. The van der Waals surface area contributed by atoms with E-state index in [1.165, 1.54) is 22.9 Å². The molecule has 32 heavy (non-hydrogen) atoms. The minimum Gasteiger partial charge on any atom is -0.366 e. The van der Waals surface area contributed by atoms with Gasteiger partial charge in [-0.15, -0.1) is 4.39 Å². The van der Waals surface area contributed by atoms with Crippen LogP contribution in [-0.2, 0) is 22.5 Å². The van der Waals surface area contributed by atoms with Gasteiger partial charge < -0.3 is 15.8 Å². The number of aromatic nitrogens is 2. The zero-order valence-electron chi connectivity index (χ0n) is 17.8. The van der Waals surface area contributed by atoms with Crippen molar-refractivity contribution < 1.29 is 18.3 Å². The lowest BCUT2D eigenvalue weighted by Gasteiger charge is -2.38. The van der Waals surface area contributed by atoms with E-state index >= 15 is 4.39 Å². The van der Waals surface area contributed by atoms with Crippen molar-refractivity contribution in [2.24, 2.45) is 5.73 Å². The number of thiophene rings is 1. The quantitative estimate of drug-likeness (QED) is 0.585. The van der Waals surface area contributed by atoms with Crippen LogP contribution in [0.25, 0.3) is 5.69 Å². The van der Waals surface area contributed by atoms with Gasteiger partial charge >= 0.3 is 5.13 Å². The van der Waals surface area contributed by atoms with Gasteiger partial charge in [-0.2, -0.15) is 5.10 Å². The van der Waals surface area contributed by atoms with Crippen LogP contribution >= 0.6 is 10.5 Å². The zero-order valence-corrected chi connectivity index (χ0v) is 18.6. The number of nitrogens with zero attached hydrogens (tertiary/aromatic N) is 2. The monoisotopic (exact) mass is 459 g/mol. The molecule has 2 aliphatic heterocycles. The Labute approximate surface area is 187 Å². The van der Waals surface area contributed by atoms with Crippen molar-refractivity contribution in [2.75, 3.05) is 19.7 Å². The molecule has 1 atom stereocenters. The summed E-state index contributed by atoms with van der Waals surface area (Å²) in [5, 5.41) is 7.67. The molecule has 5 rings (SSSR count). The Morgan fingerprint density at radius 3 is 2.88 bits per heavy atom. The maximum absolute atomic E-state index is 15.2. The molecule has 1 saturated heterocycles. The lowest BCUT2D eigenvalue weighted by Crippen LogP contribution is -2.44. The second-order valence-corrected chi connectivity index (χ2v) is 10.2. The second-order valence-electron chi connectivity index (χ2n) is 8.37. The molecule has 168 valence electrons. The predicted octanol–water partition coefficient (Wildman–Crippen LogP) is 3.51. The predicted molar refractivity (Wildman–Crippen MR) is 118 cm³/mol. The van der Waals surface area contributed by atoms with E-state index < -0.39 is 27.8 Å². The van der Waals surface area contributed by atoms with Crippen molar-refractivity contribution in [2.45, 2.75) is 37.5 Å². The number of hydrogen-bond acceptors (Lipinski definition) is 4. The average molecular weight is 460 g/mol. The number of para-hydroxylation sites is 1. The molecule has 6 nitrogen and oxygen atoms in total. The third kappa shape index (κ3) is 3.44. The Bertz CT molecular complexity index is 1200. The molecule has 4 heterocycles. The normalized spacial score (nSPS) is 18.0. The summed E-state index contributed by atoms with van der Waals surface area (Å²) in [6.07, 6.45) is 4.05. The first kappa shape index (κ1) is 21.2. The standard InChI is InChI=1S/C23H24F2N4O2S/c1-14-16(12-29(28-14)20-17(22(26)30)3-2-4-18(20)24)13-32-19(25)11-15-5-10-31-23(21(15)32)6-8-27-9-7-23/h2-4,11-12,27H,5-10,13H2,1H3,(H-,26,30)/p+1. The number of nitrogens with two attached hydrogens (primary N) is 1. The summed E-state index contributed by atoms with van der Waals surface area (Å²) < 4.78 is 37.4. The van der Waals surface area contributed by atoms with Gasteiger partial charge in [0.15, 0.2) is 10.6 Å². The van der Waals surface area contributed by atoms with E-state index in [-0.39, 0.29) is 16.4 Å². The number of piperidine rings is 1. The summed E-state index contributed by atoms with van der Waals surface area (Å²) in [7, 11) is -0.767. The molecule has 0 bridgehead atoms. The minimum atomic E-state index is -0.767. The van der Waals surface area contributed by atoms with E-state index in [0.717, 1.165) is 48.4 Å². The van der Waals surface area contributed by atoms with Gasteiger partial charge in [-0.25, -0.2) is 9.07 Å². The number of benzene rings is 1. The highest BCUT2D eigenvalue weighted by atomic mass is 32.2. The number of aryl methyl sites for hydroxylation is 1. The molecule has 3 N–H and O–H groups in total. The molecule has 0 saturated carbocycles. The molecule has 0 aliphatic carbocycles. The number of carbonyl (C=O) groups excluding carboxylic acids is 1. The highest BCUT2D eigenvalue weighted by molar-refractivity contribution is 7.30. The van der Waals surface area contributed by atoms with Crippen molar-refractivity contribution in [3.05, 3.63) is 68.7 Å². The van der Waals surface area contributed by atoms with Gasteiger partial charge in [0.05, 0.1) is 17.9 Å². The van der Waals surface area contributed by atoms with E-state index in [0.29, 0.717) is 18.1 Å². The number of nitrogens with one attached hydrogen (secondary N) is 1. The number of rotatable bonds is 4. The van der Waals surface area contributed by atoms with Crippen LogP contribution in [0.1, 0.15) is 44.9 Å². The van der Waals surface area contributed by atoms with Crippen molar-refractivity contribution in [1.29, 1.82) is 0 Å². The zero-order chi connectivity index (χ0) is 22.5. The number of amides is 1. The maximum atomic E-state index is 15.2. The molecule has 2 aliphatic rings. The van der Waals surface area contributed by atoms with E-state index in [1.54, 1.807) is 12.3 Å². The SMILES string of the molecule is Cc1nn(-c2c(F)cccc2C(N)=O)cc1C[s+]1c(F)cc2c1C1(CCNCC1)OCC2. The average Bonchev–Trinajstić information content (AvgIpc) is 3.29. The van der Waals surface area contributed by atoms with Gasteiger partial charge in [0, 0.05) is 40.3 Å². The molecule has 0 radical (unpaired) electrons. The largest absolute Gasteiger partial charge is 0.366 e. The topological polar surface area (TPSA) is 82.2 Å². The Balaban J connectivity index is 1.56. The van der Waals surface area contributed by atoms with Crippen LogP contribution in [0.5, 0.6) is 0 Å². The number of carbonyl (C=O) groups is 1. The maximum Gasteiger partial charge on any atom is 0.323 e. The fraction of sp³-hybridized carbons (Fsp3) is 0.391. The summed E-state index contributed by atoms with van der Waals surface area (Å²) in [4.78, 5) is 12.9. The first-order chi connectivity index (χ1) is 15.4. The minimum absolute atomic E-state index is 0.0100. The van der Waals surface area contributed by atoms with Crippen LogP contribution in [0.3, 0.4) is 0 Å². The summed E-state index contributed by atoms with van der Waals surface area (Å²) in [5.74, 6) is -0.904. The lowest BCUT2D eigenvalue weighted by molar-refractivity contribution is -0.0772. The summed E-state index contributed by atoms with van der Waals surface area (Å²) >= 11 is 0. The third-order valence-electron chi connectivity index (χ3n) is 6.42. The molecule has 9 heteroatoms. The van der Waals surface area contributed by atoms with Crippen LogP contribution in [0.15, 0.2) is 30.5 Å². The molecule has 2 aromatic heterocycles. The Morgan fingerprint density at radius 2 is 2.12 bits per heavy atom. The molecular formula is C23H25F2N4O2S+. The molecule has 1 spiro atoms. The van der Waals surface area contributed by atoms with Crippen LogP contribution in [0, 0.1) is 17.9 Å². The van der Waals surface area contributed by atoms with E-state index in [9.17, 15) is 9.18 Å². The van der Waals surface area contributed by atoms with Crippen LogP contribution < -0.4 is 11.1 Å². The fourth-order valence-corrected chi connectivity index (χ4v) is 7.40. The van der Waals surface area contributed by atoms with Gasteiger partial charge in [-0.05, 0) is 45.0 Å². The molecule has 1 amide bonds. The smallest absolute Gasteiger partial charge is 0.323 e. The third-order valence-corrected chi connectivity index (χ3v) is 8.73. The Morgan fingerprint density at radius 1 is 1.34 bits per heavy atom. The molecular weight excluding hydrogens is 434 g/mol. The molecule has 1 fully saturated rings. The summed E-state index contributed by atoms with van der Waals surface area (Å²) in [6, 6.07) is 5.85. The van der Waals surface area contributed by atoms with E-state index in [2.05, 4.69) is 10.4 Å². The second kappa shape index (κ2) is 8.06. The summed E-state index contributed by atoms with van der Waals surface area (Å²) in [6.45, 7) is 4.11. The number of primary amides is 1. The van der Waals surface area contributed by atoms with Crippen molar-refractivity contribution >= 4 is 16.4 Å². The van der Waals surface area contributed by atoms with Crippen molar-refractivity contribution in [3.63, 3.8) is 0 Å². The van der Waals surface area contributed by atoms with Gasteiger partial charge in [-0.1, -0.05) is 6.07 Å². The van der Waals surface area contributed by atoms with Gasteiger partial charge in [0.1, 0.15) is 17.1 Å². The van der Waals surface area contributed by atoms with Gasteiger partial charge in [-0.3, -0.25) is 4.79 Å². The fourth-order valence-electron chi connectivity index (χ4n) is 4.85. The van der Waals surface area contributed by atoms with Gasteiger partial charge in [0.25, 0.3) is 5.91 Å². The van der Waals surface area contributed by atoms with Crippen molar-refractivity contribution in [3.8, 4) is 5.69 Å². The van der Waals surface area contributed by atoms with Crippen LogP contribution in [0.2, 0.25) is 0 Å². The Hall–Kier alpha value is -2.62. The Kier molecular flexibility index (Phi) is 5.35. The van der Waals surface area contributed by atoms with Crippen molar-refractivity contribution in [1.82, 2.24) is 15.1 Å². The summed E-state index contributed by atoms with van der Waals surface area (Å²) in [5.41, 5.74) is 7.61. The lowest BCUT2D eigenvalue weighted by atomic mass is 9.86. The highest BCUT2D eigenvalue weighted by Gasteiger charge is 2.48. The van der Waals surface area contributed by atoms with E-state index in [4.69, 9.17) is 10.5 Å². The van der Waals surface area contributed by atoms with Crippen LogP contribution in [0.4, 0.5) is 8.78 Å².